The maximum atomic E-state index is 13.1. The minimum absolute atomic E-state index is 0.102. The van der Waals surface area contributed by atoms with Crippen LogP contribution >= 0.6 is 0 Å². The molecule has 7 heteroatoms. The van der Waals surface area contributed by atoms with Gasteiger partial charge in [-0.15, -0.1) is 0 Å². The number of morpholine rings is 1. The lowest BCUT2D eigenvalue weighted by molar-refractivity contribution is -0.159. The summed E-state index contributed by atoms with van der Waals surface area (Å²) in [5.74, 6) is -1.17. The Balaban J connectivity index is 1.29. The lowest BCUT2D eigenvalue weighted by atomic mass is 9.87. The first kappa shape index (κ1) is 17.8. The molecule has 0 radical (unpaired) electrons. The Labute approximate surface area is 150 Å². The number of halogens is 3. The summed E-state index contributed by atoms with van der Waals surface area (Å²) in [6.07, 6.45) is -2.45. The third-order valence-corrected chi connectivity index (χ3v) is 5.67. The second kappa shape index (κ2) is 6.85. The van der Waals surface area contributed by atoms with Crippen molar-refractivity contribution in [2.75, 3.05) is 26.3 Å². The standard InChI is InChI=1S/C19H22F3NO3/c20-19(21,22)17-4-2-1-3-14(17)15-11-16(15)18(24)26-13-9-12(10-13)23-5-7-25-8-6-23/h1-4,12-13,15-16H,5-11H2/t12?,13?,15-,16-/m1/s1. The molecule has 1 heterocycles. The summed E-state index contributed by atoms with van der Waals surface area (Å²) in [4.78, 5) is 14.7. The number of hydrogen-bond donors (Lipinski definition) is 0. The molecule has 0 aromatic heterocycles. The van der Waals surface area contributed by atoms with Crippen LogP contribution in [0.5, 0.6) is 0 Å². The van der Waals surface area contributed by atoms with Gasteiger partial charge in [0.2, 0.25) is 0 Å². The number of carbonyl (C=O) groups excluding carboxylic acids is 1. The number of rotatable bonds is 4. The lowest BCUT2D eigenvalue weighted by Gasteiger charge is -2.43. The fraction of sp³-hybridized carbons (Fsp3) is 0.632. The zero-order valence-electron chi connectivity index (χ0n) is 14.4. The molecule has 3 aliphatic rings. The molecule has 4 rings (SSSR count). The fourth-order valence-corrected chi connectivity index (χ4v) is 4.00. The van der Waals surface area contributed by atoms with Crippen LogP contribution in [0.15, 0.2) is 24.3 Å². The van der Waals surface area contributed by atoms with Gasteiger partial charge in [-0.2, -0.15) is 13.2 Å². The fourth-order valence-electron chi connectivity index (χ4n) is 4.00. The van der Waals surface area contributed by atoms with Crippen LogP contribution in [-0.4, -0.2) is 49.3 Å². The van der Waals surface area contributed by atoms with E-state index in [4.69, 9.17) is 9.47 Å². The zero-order chi connectivity index (χ0) is 18.3. The quantitative estimate of drug-likeness (QED) is 0.764. The highest BCUT2D eigenvalue weighted by molar-refractivity contribution is 5.78. The number of benzene rings is 1. The minimum Gasteiger partial charge on any atom is -0.462 e. The number of hydrogen-bond acceptors (Lipinski definition) is 4. The van der Waals surface area contributed by atoms with Crippen LogP contribution in [0.2, 0.25) is 0 Å². The average molecular weight is 369 g/mol. The van der Waals surface area contributed by atoms with Gasteiger partial charge in [-0.3, -0.25) is 9.69 Å². The van der Waals surface area contributed by atoms with Crippen molar-refractivity contribution in [3.05, 3.63) is 35.4 Å². The Kier molecular flexibility index (Phi) is 4.69. The minimum atomic E-state index is -4.40. The Morgan fingerprint density at radius 2 is 1.81 bits per heavy atom. The van der Waals surface area contributed by atoms with Crippen molar-refractivity contribution >= 4 is 5.97 Å². The molecule has 4 nitrogen and oxygen atoms in total. The van der Waals surface area contributed by atoms with Crippen molar-refractivity contribution in [2.24, 2.45) is 5.92 Å². The SMILES string of the molecule is O=C(OC1CC(N2CCOCC2)C1)[C@@H]1C[C@@H]1c1ccccc1C(F)(F)F. The third kappa shape index (κ3) is 3.60. The average Bonchev–Trinajstić information content (AvgIpc) is 3.38. The van der Waals surface area contributed by atoms with Gasteiger partial charge in [-0.1, -0.05) is 18.2 Å². The van der Waals surface area contributed by atoms with E-state index < -0.39 is 17.7 Å². The van der Waals surface area contributed by atoms with Crippen molar-refractivity contribution in [2.45, 2.75) is 43.5 Å². The van der Waals surface area contributed by atoms with Crippen molar-refractivity contribution in [3.63, 3.8) is 0 Å². The molecule has 2 aliphatic carbocycles. The first-order valence-electron chi connectivity index (χ1n) is 9.12. The Bertz CT molecular complexity index is 666. The number of alkyl halides is 3. The van der Waals surface area contributed by atoms with Gasteiger partial charge in [0.15, 0.2) is 0 Å². The maximum Gasteiger partial charge on any atom is 0.416 e. The van der Waals surface area contributed by atoms with Gasteiger partial charge in [0.1, 0.15) is 6.10 Å². The number of esters is 1. The van der Waals surface area contributed by atoms with E-state index in [1.54, 1.807) is 6.07 Å². The predicted molar refractivity (Wildman–Crippen MR) is 87.6 cm³/mol. The number of nitrogens with zero attached hydrogens (tertiary/aromatic N) is 1. The smallest absolute Gasteiger partial charge is 0.416 e. The second-order valence-electron chi connectivity index (χ2n) is 7.37. The molecular weight excluding hydrogens is 347 g/mol. The van der Waals surface area contributed by atoms with Gasteiger partial charge >= 0.3 is 12.1 Å². The van der Waals surface area contributed by atoms with Crippen molar-refractivity contribution in [3.8, 4) is 0 Å². The van der Waals surface area contributed by atoms with E-state index in [1.165, 1.54) is 12.1 Å². The highest BCUT2D eigenvalue weighted by Crippen LogP contribution is 2.52. The predicted octanol–water partition coefficient (Wildman–Crippen LogP) is 3.22. The molecule has 3 fully saturated rings. The molecule has 0 bridgehead atoms. The molecule has 1 aromatic rings. The molecule has 2 atom stereocenters. The monoisotopic (exact) mass is 369 g/mol. The molecule has 1 saturated heterocycles. The summed E-state index contributed by atoms with van der Waals surface area (Å²) in [6.45, 7) is 3.29. The second-order valence-corrected chi connectivity index (χ2v) is 7.37. The first-order valence-corrected chi connectivity index (χ1v) is 9.12. The Morgan fingerprint density at radius 3 is 2.50 bits per heavy atom. The summed E-state index contributed by atoms with van der Waals surface area (Å²) >= 11 is 0. The summed E-state index contributed by atoms with van der Waals surface area (Å²) in [6, 6.07) is 5.94. The van der Waals surface area contributed by atoms with E-state index in [2.05, 4.69) is 4.90 Å². The van der Waals surface area contributed by atoms with Crippen LogP contribution in [0, 0.1) is 5.92 Å². The van der Waals surface area contributed by atoms with E-state index in [0.29, 0.717) is 12.5 Å². The molecule has 1 aromatic carbocycles. The normalized spacial score (nSPS) is 32.0. The molecule has 0 N–H and O–H groups in total. The van der Waals surface area contributed by atoms with E-state index >= 15 is 0 Å². The van der Waals surface area contributed by atoms with Crippen molar-refractivity contribution in [1.29, 1.82) is 0 Å². The van der Waals surface area contributed by atoms with E-state index in [0.717, 1.165) is 45.2 Å². The van der Waals surface area contributed by atoms with Crippen LogP contribution < -0.4 is 0 Å². The van der Waals surface area contributed by atoms with Crippen LogP contribution in [0.3, 0.4) is 0 Å². The molecule has 0 unspecified atom stereocenters. The molecule has 2 saturated carbocycles. The Hall–Kier alpha value is -1.60. The van der Waals surface area contributed by atoms with Gasteiger partial charge in [0, 0.05) is 32.0 Å². The number of carbonyl (C=O) groups is 1. The van der Waals surface area contributed by atoms with Crippen molar-refractivity contribution in [1.82, 2.24) is 4.90 Å². The van der Waals surface area contributed by atoms with Gasteiger partial charge in [0.05, 0.1) is 24.7 Å². The van der Waals surface area contributed by atoms with Crippen LogP contribution in [-0.2, 0) is 20.4 Å². The molecule has 142 valence electrons. The van der Waals surface area contributed by atoms with Crippen molar-refractivity contribution < 1.29 is 27.4 Å². The third-order valence-electron chi connectivity index (χ3n) is 5.67. The lowest BCUT2D eigenvalue weighted by Crippen LogP contribution is -2.52. The summed E-state index contributed by atoms with van der Waals surface area (Å²) in [5.41, 5.74) is -0.432. The van der Waals surface area contributed by atoms with Crippen LogP contribution in [0.1, 0.15) is 36.3 Å². The summed E-state index contributed by atoms with van der Waals surface area (Å²) in [7, 11) is 0. The molecule has 1 aliphatic heterocycles. The highest BCUT2D eigenvalue weighted by Gasteiger charge is 2.50. The van der Waals surface area contributed by atoms with Gasteiger partial charge in [0.25, 0.3) is 0 Å². The van der Waals surface area contributed by atoms with E-state index in [-0.39, 0.29) is 23.6 Å². The molecular formula is C19H22F3NO3. The van der Waals surface area contributed by atoms with Gasteiger partial charge in [-0.25, -0.2) is 0 Å². The van der Waals surface area contributed by atoms with Gasteiger partial charge in [-0.05, 0) is 24.0 Å². The molecule has 26 heavy (non-hydrogen) atoms. The first-order chi connectivity index (χ1) is 12.4. The molecule has 0 amide bonds. The maximum absolute atomic E-state index is 13.1. The largest absolute Gasteiger partial charge is 0.462 e. The van der Waals surface area contributed by atoms with Crippen LogP contribution in [0.4, 0.5) is 13.2 Å². The zero-order valence-corrected chi connectivity index (χ0v) is 14.4. The van der Waals surface area contributed by atoms with E-state index in [1.807, 2.05) is 0 Å². The summed E-state index contributed by atoms with van der Waals surface area (Å²) in [5, 5.41) is 0. The number of ether oxygens (including phenoxy) is 2. The summed E-state index contributed by atoms with van der Waals surface area (Å²) < 4.78 is 50.2. The van der Waals surface area contributed by atoms with Gasteiger partial charge < -0.3 is 9.47 Å². The van der Waals surface area contributed by atoms with Crippen LogP contribution in [0.25, 0.3) is 0 Å². The molecule has 0 spiro atoms. The topological polar surface area (TPSA) is 38.8 Å². The van der Waals surface area contributed by atoms with E-state index in [9.17, 15) is 18.0 Å². The Morgan fingerprint density at radius 1 is 1.12 bits per heavy atom. The highest BCUT2D eigenvalue weighted by atomic mass is 19.4.